The number of epoxide rings is 1. The third kappa shape index (κ3) is 3.57. The second-order valence-corrected chi connectivity index (χ2v) is 6.37. The van der Waals surface area contributed by atoms with Gasteiger partial charge in [0, 0.05) is 18.4 Å². The fraction of sp³-hybridized carbons (Fsp3) is 0.875. The molecule has 1 aliphatic heterocycles. The molecule has 1 aliphatic carbocycles. The standard InChI is InChI=1S/C16H28N2O3/c1-3-13-16(4-2,21-13)9-6-10-18-15(20)12-8-5-7-11(12)14(17)19/h11-13H,3-10H2,1-2H3,(H2,17,19)(H,18,20). The van der Waals surface area contributed by atoms with Crippen molar-refractivity contribution in [3.8, 4) is 0 Å². The lowest BCUT2D eigenvalue weighted by Gasteiger charge is -2.17. The van der Waals surface area contributed by atoms with E-state index in [1.54, 1.807) is 0 Å². The number of hydrogen-bond donors (Lipinski definition) is 2. The Kier molecular flexibility index (Phi) is 5.25. The summed E-state index contributed by atoms with van der Waals surface area (Å²) in [6, 6.07) is 0. The van der Waals surface area contributed by atoms with E-state index in [9.17, 15) is 9.59 Å². The summed E-state index contributed by atoms with van der Waals surface area (Å²) in [5, 5.41) is 2.96. The average molecular weight is 296 g/mol. The van der Waals surface area contributed by atoms with Gasteiger partial charge < -0.3 is 15.8 Å². The zero-order valence-corrected chi connectivity index (χ0v) is 13.2. The van der Waals surface area contributed by atoms with Crippen molar-refractivity contribution in [3.63, 3.8) is 0 Å². The summed E-state index contributed by atoms with van der Waals surface area (Å²) in [4.78, 5) is 23.5. The molecule has 0 radical (unpaired) electrons. The number of primary amides is 1. The maximum Gasteiger partial charge on any atom is 0.223 e. The fourth-order valence-corrected chi connectivity index (χ4v) is 3.76. The molecule has 1 heterocycles. The largest absolute Gasteiger partial charge is 0.369 e. The van der Waals surface area contributed by atoms with Crippen molar-refractivity contribution in [3.05, 3.63) is 0 Å². The number of hydrogen-bond acceptors (Lipinski definition) is 3. The van der Waals surface area contributed by atoms with E-state index < -0.39 is 0 Å². The minimum Gasteiger partial charge on any atom is -0.369 e. The SMILES string of the molecule is CCC1OC1(CC)CCCNC(=O)C1CCCC1C(N)=O. The topological polar surface area (TPSA) is 84.7 Å². The molecule has 4 unspecified atom stereocenters. The normalized spacial score (nSPS) is 34.7. The van der Waals surface area contributed by atoms with Crippen molar-refractivity contribution in [2.75, 3.05) is 6.54 Å². The molecule has 2 aliphatic rings. The number of amides is 2. The molecule has 0 bridgehead atoms. The van der Waals surface area contributed by atoms with Crippen LogP contribution in [0.3, 0.4) is 0 Å². The predicted molar refractivity (Wildman–Crippen MR) is 80.5 cm³/mol. The van der Waals surface area contributed by atoms with E-state index in [1.165, 1.54) is 0 Å². The van der Waals surface area contributed by atoms with Gasteiger partial charge in [-0.25, -0.2) is 0 Å². The fourth-order valence-electron chi connectivity index (χ4n) is 3.76. The molecule has 5 heteroatoms. The first-order valence-electron chi connectivity index (χ1n) is 8.29. The lowest BCUT2D eigenvalue weighted by Crippen LogP contribution is -2.38. The van der Waals surface area contributed by atoms with Crippen LogP contribution in [0.4, 0.5) is 0 Å². The maximum absolute atomic E-state index is 12.1. The Morgan fingerprint density at radius 2 is 2.00 bits per heavy atom. The molecular formula is C16H28N2O3. The van der Waals surface area contributed by atoms with Crippen molar-refractivity contribution in [2.45, 2.75) is 70.5 Å². The van der Waals surface area contributed by atoms with Crippen LogP contribution in [0, 0.1) is 11.8 Å². The van der Waals surface area contributed by atoms with Gasteiger partial charge in [0.25, 0.3) is 0 Å². The molecule has 2 rings (SSSR count). The van der Waals surface area contributed by atoms with Gasteiger partial charge >= 0.3 is 0 Å². The molecule has 0 spiro atoms. The van der Waals surface area contributed by atoms with Gasteiger partial charge in [0.05, 0.1) is 11.7 Å². The second kappa shape index (κ2) is 6.77. The van der Waals surface area contributed by atoms with Crippen LogP contribution in [0.5, 0.6) is 0 Å². The lowest BCUT2D eigenvalue weighted by atomic mass is 9.93. The van der Waals surface area contributed by atoms with Gasteiger partial charge in [-0.2, -0.15) is 0 Å². The zero-order valence-electron chi connectivity index (χ0n) is 13.2. The summed E-state index contributed by atoms with van der Waals surface area (Å²) in [6.07, 6.45) is 6.84. The van der Waals surface area contributed by atoms with Crippen LogP contribution >= 0.6 is 0 Å². The Morgan fingerprint density at radius 3 is 2.57 bits per heavy atom. The number of carbonyl (C=O) groups is 2. The summed E-state index contributed by atoms with van der Waals surface area (Å²) >= 11 is 0. The lowest BCUT2D eigenvalue weighted by molar-refractivity contribution is -0.132. The highest BCUT2D eigenvalue weighted by Gasteiger charge is 2.52. The third-order valence-corrected chi connectivity index (χ3v) is 5.17. The molecule has 0 aromatic rings. The predicted octanol–water partition coefficient (Wildman–Crippen LogP) is 1.74. The third-order valence-electron chi connectivity index (χ3n) is 5.17. The number of ether oxygens (including phenoxy) is 1. The molecule has 3 N–H and O–H groups in total. The molecule has 2 amide bonds. The molecule has 1 saturated heterocycles. The molecular weight excluding hydrogens is 268 g/mol. The van der Waals surface area contributed by atoms with Crippen molar-refractivity contribution >= 4 is 11.8 Å². The van der Waals surface area contributed by atoms with Gasteiger partial charge in [-0.1, -0.05) is 20.3 Å². The number of rotatable bonds is 8. The molecule has 1 saturated carbocycles. The van der Waals surface area contributed by atoms with E-state index >= 15 is 0 Å². The summed E-state index contributed by atoms with van der Waals surface area (Å²) in [5.74, 6) is -0.841. The van der Waals surface area contributed by atoms with E-state index in [1.807, 2.05) is 0 Å². The summed E-state index contributed by atoms with van der Waals surface area (Å²) < 4.78 is 5.78. The number of nitrogens with two attached hydrogens (primary N) is 1. The molecule has 5 nitrogen and oxygen atoms in total. The Morgan fingerprint density at radius 1 is 1.29 bits per heavy atom. The van der Waals surface area contributed by atoms with Crippen LogP contribution in [0.15, 0.2) is 0 Å². The summed E-state index contributed by atoms with van der Waals surface area (Å²) in [5.41, 5.74) is 5.42. The highest BCUT2D eigenvalue weighted by molar-refractivity contribution is 5.87. The van der Waals surface area contributed by atoms with Crippen LogP contribution < -0.4 is 11.1 Å². The monoisotopic (exact) mass is 296 g/mol. The quantitative estimate of drug-likeness (QED) is 0.528. The van der Waals surface area contributed by atoms with Gasteiger partial charge in [0.1, 0.15) is 0 Å². The minimum atomic E-state index is -0.338. The van der Waals surface area contributed by atoms with Crippen LogP contribution in [0.2, 0.25) is 0 Å². The average Bonchev–Trinajstić information content (AvgIpc) is 2.94. The minimum absolute atomic E-state index is 0.00870. The van der Waals surface area contributed by atoms with Crippen LogP contribution in [0.1, 0.15) is 58.8 Å². The summed E-state index contributed by atoms with van der Waals surface area (Å²) in [6.45, 7) is 4.96. The molecule has 21 heavy (non-hydrogen) atoms. The first kappa shape index (κ1) is 16.3. The molecule has 0 aromatic heterocycles. The van der Waals surface area contributed by atoms with Gasteiger partial charge in [-0.15, -0.1) is 0 Å². The van der Waals surface area contributed by atoms with Gasteiger partial charge in [0.15, 0.2) is 0 Å². The van der Waals surface area contributed by atoms with Gasteiger partial charge in [-0.3, -0.25) is 9.59 Å². The Bertz CT molecular complexity index is 399. The molecule has 0 aromatic carbocycles. The van der Waals surface area contributed by atoms with Crippen LogP contribution in [-0.2, 0) is 14.3 Å². The van der Waals surface area contributed by atoms with Gasteiger partial charge in [-0.05, 0) is 38.5 Å². The molecule has 2 fully saturated rings. The highest BCUT2D eigenvalue weighted by atomic mass is 16.6. The van der Waals surface area contributed by atoms with E-state index in [0.717, 1.165) is 44.9 Å². The van der Waals surface area contributed by atoms with E-state index in [0.29, 0.717) is 12.6 Å². The Hall–Kier alpha value is -1.10. The van der Waals surface area contributed by atoms with E-state index in [-0.39, 0.29) is 29.3 Å². The Balaban J connectivity index is 1.69. The zero-order chi connectivity index (χ0) is 15.5. The van der Waals surface area contributed by atoms with Crippen molar-refractivity contribution in [2.24, 2.45) is 17.6 Å². The highest BCUT2D eigenvalue weighted by Crippen LogP contribution is 2.45. The van der Waals surface area contributed by atoms with Crippen molar-refractivity contribution in [1.82, 2.24) is 5.32 Å². The molecule has 4 atom stereocenters. The summed E-state index contributed by atoms with van der Waals surface area (Å²) in [7, 11) is 0. The van der Waals surface area contributed by atoms with Crippen LogP contribution in [0.25, 0.3) is 0 Å². The second-order valence-electron chi connectivity index (χ2n) is 6.37. The van der Waals surface area contributed by atoms with Crippen LogP contribution in [-0.4, -0.2) is 30.1 Å². The first-order valence-corrected chi connectivity index (χ1v) is 8.29. The van der Waals surface area contributed by atoms with Gasteiger partial charge in [0.2, 0.25) is 11.8 Å². The molecule has 120 valence electrons. The smallest absolute Gasteiger partial charge is 0.223 e. The maximum atomic E-state index is 12.1. The number of carbonyl (C=O) groups excluding carboxylic acids is 2. The van der Waals surface area contributed by atoms with E-state index in [2.05, 4.69) is 19.2 Å². The van der Waals surface area contributed by atoms with E-state index in [4.69, 9.17) is 10.5 Å². The number of nitrogens with one attached hydrogen (secondary N) is 1. The van der Waals surface area contributed by atoms with Crippen molar-refractivity contribution in [1.29, 1.82) is 0 Å². The Labute approximate surface area is 127 Å². The van der Waals surface area contributed by atoms with Crippen molar-refractivity contribution < 1.29 is 14.3 Å². The first-order chi connectivity index (χ1) is 10.0.